The van der Waals surface area contributed by atoms with E-state index in [4.69, 9.17) is 10.5 Å². The summed E-state index contributed by atoms with van der Waals surface area (Å²) in [6.45, 7) is 2.14. The Bertz CT molecular complexity index is 572. The summed E-state index contributed by atoms with van der Waals surface area (Å²) in [4.78, 5) is 0. The molecular formula is C15H15BrFNO. The first-order chi connectivity index (χ1) is 9.06. The van der Waals surface area contributed by atoms with E-state index in [0.29, 0.717) is 6.61 Å². The summed E-state index contributed by atoms with van der Waals surface area (Å²) in [6.07, 6.45) is 0. The van der Waals surface area contributed by atoms with Crippen LogP contribution in [0.25, 0.3) is 0 Å². The molecule has 0 heterocycles. The Morgan fingerprint density at radius 1 is 1.26 bits per heavy atom. The quantitative estimate of drug-likeness (QED) is 0.915. The normalized spacial score (nSPS) is 12.2. The van der Waals surface area contributed by atoms with Gasteiger partial charge in [0.15, 0.2) is 11.6 Å². The molecule has 0 aliphatic rings. The van der Waals surface area contributed by atoms with Crippen LogP contribution in [0.2, 0.25) is 0 Å². The topological polar surface area (TPSA) is 35.2 Å². The van der Waals surface area contributed by atoms with Gasteiger partial charge < -0.3 is 10.5 Å². The highest BCUT2D eigenvalue weighted by Gasteiger charge is 2.07. The van der Waals surface area contributed by atoms with Crippen LogP contribution in [0.4, 0.5) is 4.39 Å². The zero-order valence-electron chi connectivity index (χ0n) is 10.6. The van der Waals surface area contributed by atoms with Crippen molar-refractivity contribution in [2.75, 3.05) is 0 Å². The molecule has 2 aromatic rings. The fourth-order valence-electron chi connectivity index (χ4n) is 1.71. The van der Waals surface area contributed by atoms with Crippen molar-refractivity contribution in [2.24, 2.45) is 5.73 Å². The smallest absolute Gasteiger partial charge is 0.165 e. The molecular weight excluding hydrogens is 309 g/mol. The molecule has 0 amide bonds. The highest BCUT2D eigenvalue weighted by atomic mass is 79.9. The third-order valence-electron chi connectivity index (χ3n) is 2.77. The highest BCUT2D eigenvalue weighted by Crippen LogP contribution is 2.22. The first kappa shape index (κ1) is 14.0. The lowest BCUT2D eigenvalue weighted by molar-refractivity contribution is 0.290. The molecule has 0 aliphatic carbocycles. The van der Waals surface area contributed by atoms with Gasteiger partial charge in [-0.25, -0.2) is 4.39 Å². The average Bonchev–Trinajstić information content (AvgIpc) is 2.37. The van der Waals surface area contributed by atoms with Crippen molar-refractivity contribution in [1.82, 2.24) is 0 Å². The molecule has 0 aromatic heterocycles. The zero-order valence-corrected chi connectivity index (χ0v) is 12.2. The summed E-state index contributed by atoms with van der Waals surface area (Å²) < 4.78 is 20.3. The van der Waals surface area contributed by atoms with Crippen molar-refractivity contribution in [2.45, 2.75) is 19.6 Å². The van der Waals surface area contributed by atoms with Crippen LogP contribution >= 0.6 is 15.9 Å². The van der Waals surface area contributed by atoms with E-state index in [1.165, 1.54) is 6.07 Å². The molecule has 0 saturated heterocycles. The number of rotatable bonds is 4. The highest BCUT2D eigenvalue weighted by molar-refractivity contribution is 9.10. The predicted octanol–water partition coefficient (Wildman–Crippen LogP) is 4.19. The van der Waals surface area contributed by atoms with Crippen molar-refractivity contribution >= 4 is 15.9 Å². The number of nitrogens with two attached hydrogens (primary N) is 1. The minimum absolute atomic E-state index is 0.186. The van der Waals surface area contributed by atoms with Gasteiger partial charge in [-0.3, -0.25) is 0 Å². The zero-order chi connectivity index (χ0) is 13.8. The minimum atomic E-state index is -0.384. The molecule has 19 heavy (non-hydrogen) atoms. The van der Waals surface area contributed by atoms with Crippen LogP contribution in [0.3, 0.4) is 0 Å². The van der Waals surface area contributed by atoms with Crippen LogP contribution < -0.4 is 10.5 Å². The Balaban J connectivity index is 2.07. The maximum absolute atomic E-state index is 13.8. The van der Waals surface area contributed by atoms with Crippen LogP contribution in [-0.2, 0) is 6.61 Å². The summed E-state index contributed by atoms with van der Waals surface area (Å²) in [5.41, 5.74) is 7.44. The van der Waals surface area contributed by atoms with Gasteiger partial charge in [-0.1, -0.05) is 34.1 Å². The maximum atomic E-state index is 13.8. The third kappa shape index (κ3) is 3.78. The molecule has 2 aromatic carbocycles. The maximum Gasteiger partial charge on any atom is 0.165 e. The van der Waals surface area contributed by atoms with Crippen molar-refractivity contribution in [1.29, 1.82) is 0 Å². The molecule has 0 aliphatic heterocycles. The van der Waals surface area contributed by atoms with E-state index in [0.717, 1.165) is 15.6 Å². The van der Waals surface area contributed by atoms with Crippen molar-refractivity contribution < 1.29 is 9.13 Å². The van der Waals surface area contributed by atoms with Crippen molar-refractivity contribution in [3.8, 4) is 5.75 Å². The van der Waals surface area contributed by atoms with Crippen LogP contribution in [0.5, 0.6) is 5.75 Å². The largest absolute Gasteiger partial charge is 0.486 e. The fraction of sp³-hybridized carbons (Fsp3) is 0.200. The van der Waals surface area contributed by atoms with Gasteiger partial charge in [0.2, 0.25) is 0 Å². The molecule has 100 valence electrons. The van der Waals surface area contributed by atoms with Gasteiger partial charge in [0.05, 0.1) is 0 Å². The van der Waals surface area contributed by atoms with Gasteiger partial charge in [0.1, 0.15) is 6.61 Å². The summed E-state index contributed by atoms with van der Waals surface area (Å²) in [5, 5.41) is 0. The van der Waals surface area contributed by atoms with Gasteiger partial charge in [-0.2, -0.15) is 0 Å². The summed E-state index contributed by atoms with van der Waals surface area (Å²) in [7, 11) is 0. The number of ether oxygens (including phenoxy) is 1. The second kappa shape index (κ2) is 6.17. The molecule has 2 N–H and O–H groups in total. The van der Waals surface area contributed by atoms with Gasteiger partial charge in [0.25, 0.3) is 0 Å². The van der Waals surface area contributed by atoms with Gasteiger partial charge in [-0.05, 0) is 42.3 Å². The summed E-state index contributed by atoms with van der Waals surface area (Å²) in [6, 6.07) is 12.3. The molecule has 0 bridgehead atoms. The van der Waals surface area contributed by atoms with Crippen molar-refractivity contribution in [3.63, 3.8) is 0 Å². The monoisotopic (exact) mass is 323 g/mol. The van der Waals surface area contributed by atoms with E-state index in [9.17, 15) is 4.39 Å². The standard InChI is InChI=1S/C15H15BrFNO/c1-10(18)12-5-6-15(14(17)8-12)19-9-11-3-2-4-13(16)7-11/h2-8,10H,9,18H2,1H3/t10-/m1/s1. The van der Waals surface area contributed by atoms with Crippen LogP contribution in [0.15, 0.2) is 46.9 Å². The lowest BCUT2D eigenvalue weighted by atomic mass is 10.1. The number of benzene rings is 2. The van der Waals surface area contributed by atoms with E-state index in [1.807, 2.05) is 31.2 Å². The first-order valence-corrected chi connectivity index (χ1v) is 6.78. The van der Waals surface area contributed by atoms with E-state index in [-0.39, 0.29) is 17.6 Å². The fourth-order valence-corrected chi connectivity index (χ4v) is 2.15. The summed E-state index contributed by atoms with van der Waals surface area (Å²) in [5.74, 6) is -0.144. The Hall–Kier alpha value is -1.39. The van der Waals surface area contributed by atoms with Crippen LogP contribution in [-0.4, -0.2) is 0 Å². The molecule has 2 nitrogen and oxygen atoms in total. The third-order valence-corrected chi connectivity index (χ3v) is 3.26. The first-order valence-electron chi connectivity index (χ1n) is 5.98. The van der Waals surface area contributed by atoms with Gasteiger partial charge in [0, 0.05) is 10.5 Å². The van der Waals surface area contributed by atoms with Gasteiger partial charge >= 0.3 is 0 Å². The molecule has 4 heteroatoms. The number of halogens is 2. The predicted molar refractivity (Wildman–Crippen MR) is 77.5 cm³/mol. The Morgan fingerprint density at radius 2 is 2.05 bits per heavy atom. The molecule has 1 atom stereocenters. The Labute approximate surface area is 120 Å². The SMILES string of the molecule is C[C@@H](N)c1ccc(OCc2cccc(Br)c2)c(F)c1. The van der Waals surface area contributed by atoms with Crippen LogP contribution in [0.1, 0.15) is 24.1 Å². The van der Waals surface area contributed by atoms with E-state index >= 15 is 0 Å². The van der Waals surface area contributed by atoms with E-state index in [1.54, 1.807) is 12.1 Å². The molecule has 0 unspecified atom stereocenters. The van der Waals surface area contributed by atoms with E-state index < -0.39 is 0 Å². The summed E-state index contributed by atoms with van der Waals surface area (Å²) >= 11 is 3.38. The average molecular weight is 324 g/mol. The van der Waals surface area contributed by atoms with Crippen LogP contribution in [0, 0.1) is 5.82 Å². The lowest BCUT2D eigenvalue weighted by Gasteiger charge is -2.10. The second-order valence-electron chi connectivity index (χ2n) is 4.40. The lowest BCUT2D eigenvalue weighted by Crippen LogP contribution is -2.06. The Kier molecular flexibility index (Phi) is 4.56. The second-order valence-corrected chi connectivity index (χ2v) is 5.31. The van der Waals surface area contributed by atoms with Crippen molar-refractivity contribution in [3.05, 3.63) is 63.9 Å². The minimum Gasteiger partial charge on any atom is -0.486 e. The molecule has 2 rings (SSSR count). The molecule has 0 fully saturated rings. The number of hydrogen-bond acceptors (Lipinski definition) is 2. The molecule has 0 radical (unpaired) electrons. The van der Waals surface area contributed by atoms with E-state index in [2.05, 4.69) is 15.9 Å². The molecule has 0 saturated carbocycles. The number of hydrogen-bond donors (Lipinski definition) is 1. The molecule has 0 spiro atoms. The Morgan fingerprint density at radius 3 is 2.68 bits per heavy atom. The van der Waals surface area contributed by atoms with Gasteiger partial charge in [-0.15, -0.1) is 0 Å².